The van der Waals surface area contributed by atoms with E-state index in [1.807, 2.05) is 18.2 Å². The highest BCUT2D eigenvalue weighted by molar-refractivity contribution is 5.77. The van der Waals surface area contributed by atoms with Gasteiger partial charge in [-0.3, -0.25) is 9.78 Å². The second-order valence-electron chi connectivity index (χ2n) is 3.38. The van der Waals surface area contributed by atoms with Crippen molar-refractivity contribution in [1.29, 1.82) is 0 Å². The van der Waals surface area contributed by atoms with Crippen LogP contribution in [-0.2, 0) is 11.2 Å². The van der Waals surface area contributed by atoms with E-state index in [0.29, 0.717) is 12.8 Å². The van der Waals surface area contributed by atoms with Crippen LogP contribution in [0, 0.1) is 0 Å². The Morgan fingerprint density at radius 1 is 1.47 bits per heavy atom. The highest BCUT2D eigenvalue weighted by Crippen LogP contribution is 1.98. The van der Waals surface area contributed by atoms with Crippen LogP contribution >= 0.6 is 0 Å². The number of allylic oxidation sites excluding steroid dienone is 2. The van der Waals surface area contributed by atoms with E-state index in [0.717, 1.165) is 5.69 Å². The second kappa shape index (κ2) is 7.05. The molecule has 0 bridgehead atoms. The largest absolute Gasteiger partial charge is 0.405 e. The van der Waals surface area contributed by atoms with Gasteiger partial charge in [-0.2, -0.15) is 0 Å². The molecule has 0 radical (unpaired) electrons. The summed E-state index contributed by atoms with van der Waals surface area (Å²) in [7, 11) is 0. The molecule has 1 aromatic heterocycles. The Hall–Kier alpha value is -2.30. The number of aryl methyl sites for hydroxylation is 1. The van der Waals surface area contributed by atoms with E-state index >= 15 is 0 Å². The van der Waals surface area contributed by atoms with Gasteiger partial charge in [0.1, 0.15) is 5.82 Å². The number of pyridine rings is 1. The lowest BCUT2D eigenvalue weighted by Gasteiger charge is -2.04. The zero-order chi connectivity index (χ0) is 12.5. The first-order valence-electron chi connectivity index (χ1n) is 5.26. The average molecular weight is 232 g/mol. The molecule has 5 heteroatoms. The summed E-state index contributed by atoms with van der Waals surface area (Å²) in [5, 5.41) is 2.55. The van der Waals surface area contributed by atoms with Crippen molar-refractivity contribution in [3.05, 3.63) is 54.3 Å². The Bertz CT molecular complexity index is 412. The SMILES string of the molecule is N/C=C\C=C(/N)NC(=O)CCc1ccccn1. The Balaban J connectivity index is 2.36. The summed E-state index contributed by atoms with van der Waals surface area (Å²) in [5.41, 5.74) is 11.6. The summed E-state index contributed by atoms with van der Waals surface area (Å²) in [4.78, 5) is 15.6. The number of rotatable bonds is 5. The van der Waals surface area contributed by atoms with Gasteiger partial charge in [-0.1, -0.05) is 6.07 Å². The fourth-order valence-electron chi connectivity index (χ4n) is 1.21. The minimum Gasteiger partial charge on any atom is -0.405 e. The van der Waals surface area contributed by atoms with Crippen LogP contribution < -0.4 is 16.8 Å². The quantitative estimate of drug-likeness (QED) is 0.641. The van der Waals surface area contributed by atoms with Gasteiger partial charge in [0.25, 0.3) is 0 Å². The van der Waals surface area contributed by atoms with Gasteiger partial charge in [0.15, 0.2) is 0 Å². The standard InChI is InChI=1S/C12H16N4O/c13-8-3-5-11(14)16-12(17)7-6-10-4-1-2-9-15-10/h1-5,8-9H,6-7,13-14H2,(H,16,17)/b8-3-,11-5+. The predicted molar refractivity (Wildman–Crippen MR) is 66.3 cm³/mol. The van der Waals surface area contributed by atoms with E-state index in [4.69, 9.17) is 11.5 Å². The first-order valence-corrected chi connectivity index (χ1v) is 5.26. The first kappa shape index (κ1) is 12.8. The molecule has 5 N–H and O–H groups in total. The van der Waals surface area contributed by atoms with E-state index < -0.39 is 0 Å². The lowest BCUT2D eigenvalue weighted by molar-refractivity contribution is -0.120. The number of aromatic nitrogens is 1. The molecule has 0 saturated carbocycles. The molecule has 0 aliphatic rings. The topological polar surface area (TPSA) is 94.0 Å². The molecule has 0 fully saturated rings. The molecule has 0 atom stereocenters. The molecule has 0 aromatic carbocycles. The Morgan fingerprint density at radius 3 is 2.94 bits per heavy atom. The molecule has 0 spiro atoms. The summed E-state index contributed by atoms with van der Waals surface area (Å²) < 4.78 is 0. The van der Waals surface area contributed by atoms with Crippen LogP contribution in [0.2, 0.25) is 0 Å². The van der Waals surface area contributed by atoms with E-state index in [9.17, 15) is 4.79 Å². The highest BCUT2D eigenvalue weighted by atomic mass is 16.1. The van der Waals surface area contributed by atoms with Crippen molar-refractivity contribution in [2.24, 2.45) is 11.5 Å². The maximum atomic E-state index is 11.5. The number of nitrogens with two attached hydrogens (primary N) is 2. The molecule has 1 amide bonds. The highest BCUT2D eigenvalue weighted by Gasteiger charge is 2.02. The summed E-state index contributed by atoms with van der Waals surface area (Å²) in [6.45, 7) is 0. The molecule has 90 valence electrons. The molecule has 0 saturated heterocycles. The van der Waals surface area contributed by atoms with E-state index in [1.165, 1.54) is 12.3 Å². The zero-order valence-electron chi connectivity index (χ0n) is 9.47. The molecule has 1 rings (SSSR count). The van der Waals surface area contributed by atoms with Gasteiger partial charge in [-0.15, -0.1) is 0 Å². The molecular formula is C12H16N4O. The van der Waals surface area contributed by atoms with Gasteiger partial charge >= 0.3 is 0 Å². The van der Waals surface area contributed by atoms with E-state index in [1.54, 1.807) is 12.3 Å². The van der Waals surface area contributed by atoms with Gasteiger partial charge in [0, 0.05) is 18.3 Å². The van der Waals surface area contributed by atoms with Gasteiger partial charge in [-0.25, -0.2) is 0 Å². The molecular weight excluding hydrogens is 216 g/mol. The molecule has 0 unspecified atom stereocenters. The third kappa shape index (κ3) is 5.36. The van der Waals surface area contributed by atoms with Crippen molar-refractivity contribution in [2.45, 2.75) is 12.8 Å². The van der Waals surface area contributed by atoms with Gasteiger partial charge in [0.05, 0.1) is 0 Å². The smallest absolute Gasteiger partial charge is 0.225 e. The number of hydrogen-bond donors (Lipinski definition) is 3. The predicted octanol–water partition coefficient (Wildman–Crippen LogP) is 0.403. The van der Waals surface area contributed by atoms with Crippen LogP contribution in [0.5, 0.6) is 0 Å². The zero-order valence-corrected chi connectivity index (χ0v) is 9.47. The van der Waals surface area contributed by atoms with Crippen molar-refractivity contribution in [2.75, 3.05) is 0 Å². The fraction of sp³-hybridized carbons (Fsp3) is 0.167. The van der Waals surface area contributed by atoms with Crippen LogP contribution in [0.1, 0.15) is 12.1 Å². The van der Waals surface area contributed by atoms with Crippen LogP contribution in [0.3, 0.4) is 0 Å². The maximum absolute atomic E-state index is 11.5. The lowest BCUT2D eigenvalue weighted by Crippen LogP contribution is -2.27. The van der Waals surface area contributed by atoms with Gasteiger partial charge in [-0.05, 0) is 36.9 Å². The third-order valence-electron chi connectivity index (χ3n) is 2.01. The number of nitrogens with zero attached hydrogens (tertiary/aromatic N) is 1. The van der Waals surface area contributed by atoms with Crippen molar-refractivity contribution < 1.29 is 4.79 Å². The summed E-state index contributed by atoms with van der Waals surface area (Å²) >= 11 is 0. The first-order chi connectivity index (χ1) is 8.22. The van der Waals surface area contributed by atoms with Crippen LogP contribution in [-0.4, -0.2) is 10.9 Å². The maximum Gasteiger partial charge on any atom is 0.225 e. The fourth-order valence-corrected chi connectivity index (χ4v) is 1.21. The summed E-state index contributed by atoms with van der Waals surface area (Å²) in [5.74, 6) is 0.132. The normalized spacial score (nSPS) is 11.6. The number of hydrogen-bond acceptors (Lipinski definition) is 4. The van der Waals surface area contributed by atoms with Gasteiger partial charge < -0.3 is 16.8 Å². The number of nitrogens with one attached hydrogen (secondary N) is 1. The summed E-state index contributed by atoms with van der Waals surface area (Å²) in [6.07, 6.45) is 7.05. The molecule has 17 heavy (non-hydrogen) atoms. The minimum absolute atomic E-state index is 0.144. The van der Waals surface area contributed by atoms with Crippen molar-refractivity contribution in [3.63, 3.8) is 0 Å². The van der Waals surface area contributed by atoms with Gasteiger partial charge in [0.2, 0.25) is 5.91 Å². The van der Waals surface area contributed by atoms with Crippen LogP contribution in [0.25, 0.3) is 0 Å². The Labute approximate surface area is 100 Å². The minimum atomic E-state index is -0.144. The van der Waals surface area contributed by atoms with Crippen LogP contribution in [0.4, 0.5) is 0 Å². The molecule has 1 aromatic rings. The molecule has 0 aliphatic carbocycles. The van der Waals surface area contributed by atoms with Crippen molar-refractivity contribution in [1.82, 2.24) is 10.3 Å². The van der Waals surface area contributed by atoms with Crippen molar-refractivity contribution >= 4 is 5.91 Å². The Kier molecular flexibility index (Phi) is 5.30. The van der Waals surface area contributed by atoms with Crippen molar-refractivity contribution in [3.8, 4) is 0 Å². The lowest BCUT2D eigenvalue weighted by atomic mass is 10.2. The van der Waals surface area contributed by atoms with Crippen LogP contribution in [0.15, 0.2) is 48.6 Å². The average Bonchev–Trinajstić information content (AvgIpc) is 2.35. The Morgan fingerprint density at radius 2 is 2.29 bits per heavy atom. The van der Waals surface area contributed by atoms with E-state index in [-0.39, 0.29) is 11.7 Å². The van der Waals surface area contributed by atoms with E-state index in [2.05, 4.69) is 10.3 Å². The molecule has 1 heterocycles. The monoisotopic (exact) mass is 232 g/mol. The number of carbonyl (C=O) groups is 1. The summed E-state index contributed by atoms with van der Waals surface area (Å²) in [6, 6.07) is 5.60. The second-order valence-corrected chi connectivity index (χ2v) is 3.38. The molecule has 5 nitrogen and oxygen atoms in total. The number of amides is 1. The third-order valence-corrected chi connectivity index (χ3v) is 2.01. The molecule has 0 aliphatic heterocycles. The number of carbonyl (C=O) groups excluding carboxylic acids is 1.